The molecule has 2 N–H and O–H groups in total. The number of hydrogen-bond acceptors (Lipinski definition) is 4. The first kappa shape index (κ1) is 20.4. The van der Waals surface area contributed by atoms with Crippen LogP contribution >= 0.6 is 0 Å². The molecule has 27 heavy (non-hydrogen) atoms. The number of nitrogens with zero attached hydrogens (tertiary/aromatic N) is 1. The second-order valence-corrected chi connectivity index (χ2v) is 5.90. The molecular formula is C21H24F2N2O2. The fourth-order valence-corrected chi connectivity index (χ4v) is 2.51. The number of nitrogen functional groups attached to an aromatic ring is 1. The van der Waals surface area contributed by atoms with Crippen LogP contribution in [-0.4, -0.2) is 19.4 Å². The van der Waals surface area contributed by atoms with Gasteiger partial charge in [0.05, 0.1) is 24.6 Å². The molecule has 2 rings (SSSR count). The molecule has 4 nitrogen and oxygen atoms in total. The van der Waals surface area contributed by atoms with Gasteiger partial charge in [0.25, 0.3) is 0 Å². The Morgan fingerprint density at radius 1 is 1.15 bits per heavy atom. The van der Waals surface area contributed by atoms with Gasteiger partial charge in [0.15, 0.2) is 23.1 Å². The van der Waals surface area contributed by atoms with Crippen molar-refractivity contribution >= 4 is 23.7 Å². The molecule has 0 aliphatic rings. The van der Waals surface area contributed by atoms with E-state index in [-0.39, 0.29) is 17.5 Å². The van der Waals surface area contributed by atoms with Crippen LogP contribution in [0.5, 0.6) is 11.5 Å². The van der Waals surface area contributed by atoms with Gasteiger partial charge in [0.2, 0.25) is 0 Å². The summed E-state index contributed by atoms with van der Waals surface area (Å²) < 4.78 is 37.9. The van der Waals surface area contributed by atoms with E-state index in [1.54, 1.807) is 19.3 Å². The van der Waals surface area contributed by atoms with Crippen LogP contribution in [0, 0.1) is 11.6 Å². The molecule has 0 unspecified atom stereocenters. The van der Waals surface area contributed by atoms with E-state index >= 15 is 0 Å². The van der Waals surface area contributed by atoms with Crippen LogP contribution in [0.1, 0.15) is 32.3 Å². The third-order valence-corrected chi connectivity index (χ3v) is 4.07. The van der Waals surface area contributed by atoms with Crippen LogP contribution < -0.4 is 15.2 Å². The number of ether oxygens (including phenoxy) is 2. The van der Waals surface area contributed by atoms with Crippen molar-refractivity contribution in [1.29, 1.82) is 0 Å². The zero-order valence-electron chi connectivity index (χ0n) is 15.7. The number of allylic oxidation sites excluding steroid dienone is 1. The summed E-state index contributed by atoms with van der Waals surface area (Å²) in [5.74, 6) is -0.688. The van der Waals surface area contributed by atoms with Crippen molar-refractivity contribution < 1.29 is 18.3 Å². The van der Waals surface area contributed by atoms with Crippen LogP contribution in [0.15, 0.2) is 41.4 Å². The fourth-order valence-electron chi connectivity index (χ4n) is 2.51. The molecule has 0 fully saturated rings. The lowest BCUT2D eigenvalue weighted by molar-refractivity contribution is 0.184. The Morgan fingerprint density at radius 2 is 1.85 bits per heavy atom. The summed E-state index contributed by atoms with van der Waals surface area (Å²) in [4.78, 5) is 4.07. The van der Waals surface area contributed by atoms with Crippen LogP contribution in [0.2, 0.25) is 0 Å². The lowest BCUT2D eigenvalue weighted by atomic mass is 10.1. The van der Waals surface area contributed by atoms with Gasteiger partial charge in [0, 0.05) is 23.9 Å². The highest BCUT2D eigenvalue weighted by atomic mass is 19.2. The summed E-state index contributed by atoms with van der Waals surface area (Å²) >= 11 is 0. The Balaban J connectivity index is 2.25. The number of rotatable bonds is 8. The van der Waals surface area contributed by atoms with Crippen molar-refractivity contribution in [3.8, 4) is 11.5 Å². The van der Waals surface area contributed by atoms with Crippen molar-refractivity contribution in [3.63, 3.8) is 0 Å². The molecule has 0 radical (unpaired) electrons. The molecule has 0 amide bonds. The molecule has 0 aromatic heterocycles. The van der Waals surface area contributed by atoms with Gasteiger partial charge in [-0.25, -0.2) is 8.78 Å². The van der Waals surface area contributed by atoms with Crippen molar-refractivity contribution in [1.82, 2.24) is 0 Å². The molecule has 0 heterocycles. The highest BCUT2D eigenvalue weighted by molar-refractivity contribution is 5.83. The monoisotopic (exact) mass is 374 g/mol. The molecule has 6 heteroatoms. The standard InChI is InChI=1S/C21H24F2N2O2/c1-4-15(5-2)27-21-14(8-6-10-20(21)26-3)9-7-11-25-19-13-17(23)16(22)12-18(19)24/h6-13,15H,4-5,24H2,1-3H3/b9-7+,25-11?. The third-order valence-electron chi connectivity index (χ3n) is 4.07. The molecular weight excluding hydrogens is 350 g/mol. The van der Waals surface area contributed by atoms with Gasteiger partial charge in [-0.1, -0.05) is 26.0 Å². The maximum absolute atomic E-state index is 13.3. The first-order valence-corrected chi connectivity index (χ1v) is 8.79. The van der Waals surface area contributed by atoms with E-state index < -0.39 is 11.6 Å². The maximum Gasteiger partial charge on any atom is 0.168 e. The normalized spacial score (nSPS) is 11.6. The smallest absolute Gasteiger partial charge is 0.168 e. The predicted octanol–water partition coefficient (Wildman–Crippen LogP) is 5.54. The van der Waals surface area contributed by atoms with Gasteiger partial charge in [-0.15, -0.1) is 0 Å². The number of benzene rings is 2. The number of methoxy groups -OCH3 is 1. The summed E-state index contributed by atoms with van der Waals surface area (Å²) in [5, 5.41) is 0. The zero-order chi connectivity index (χ0) is 19.8. The van der Waals surface area contributed by atoms with Gasteiger partial charge >= 0.3 is 0 Å². The number of aliphatic imine (C=N–C) groups is 1. The fraction of sp³-hybridized carbons (Fsp3) is 0.286. The Hall–Kier alpha value is -2.89. The first-order valence-electron chi connectivity index (χ1n) is 8.79. The summed E-state index contributed by atoms with van der Waals surface area (Å²) in [6.45, 7) is 4.13. The number of hydrogen-bond donors (Lipinski definition) is 1. The van der Waals surface area contributed by atoms with Gasteiger partial charge < -0.3 is 15.2 Å². The molecule has 0 atom stereocenters. The van der Waals surface area contributed by atoms with Crippen molar-refractivity contribution in [2.45, 2.75) is 32.8 Å². The minimum Gasteiger partial charge on any atom is -0.493 e. The van der Waals surface area contributed by atoms with E-state index in [1.807, 2.05) is 18.2 Å². The maximum atomic E-state index is 13.3. The highest BCUT2D eigenvalue weighted by Crippen LogP contribution is 2.33. The average Bonchev–Trinajstić information content (AvgIpc) is 2.67. The summed E-state index contributed by atoms with van der Waals surface area (Å²) in [6.07, 6.45) is 6.80. The molecule has 0 bridgehead atoms. The summed E-state index contributed by atoms with van der Waals surface area (Å²) in [5.41, 5.74) is 6.71. The van der Waals surface area contributed by atoms with E-state index in [0.29, 0.717) is 11.5 Å². The second-order valence-electron chi connectivity index (χ2n) is 5.90. The SMILES string of the molecule is CCC(CC)Oc1c(/C=C/C=Nc2cc(F)c(F)cc2N)cccc1OC. The van der Waals surface area contributed by atoms with E-state index in [9.17, 15) is 8.78 Å². The minimum absolute atomic E-state index is 0.0673. The van der Waals surface area contributed by atoms with E-state index in [2.05, 4.69) is 18.8 Å². The predicted molar refractivity (Wildman–Crippen MR) is 106 cm³/mol. The minimum atomic E-state index is -0.999. The third kappa shape index (κ3) is 5.29. The van der Waals surface area contributed by atoms with Gasteiger partial charge in [0.1, 0.15) is 0 Å². The first-order chi connectivity index (χ1) is 13.0. The quantitative estimate of drug-likeness (QED) is 0.488. The van der Waals surface area contributed by atoms with Crippen LogP contribution in [0.4, 0.5) is 20.2 Å². The van der Waals surface area contributed by atoms with Crippen molar-refractivity contribution in [2.75, 3.05) is 12.8 Å². The van der Waals surface area contributed by atoms with E-state index in [0.717, 1.165) is 30.5 Å². The van der Waals surface area contributed by atoms with Crippen LogP contribution in [0.25, 0.3) is 6.08 Å². The van der Waals surface area contributed by atoms with Gasteiger partial charge in [-0.2, -0.15) is 0 Å². The molecule has 0 aliphatic carbocycles. The van der Waals surface area contributed by atoms with E-state index in [4.69, 9.17) is 15.2 Å². The Bertz CT molecular complexity index is 831. The number of anilines is 1. The number of nitrogens with two attached hydrogens (primary N) is 1. The lowest BCUT2D eigenvalue weighted by Gasteiger charge is -2.19. The van der Waals surface area contributed by atoms with Crippen LogP contribution in [0.3, 0.4) is 0 Å². The Kier molecular flexibility index (Phi) is 7.34. The molecule has 0 aliphatic heterocycles. The van der Waals surface area contributed by atoms with Crippen molar-refractivity contribution in [2.24, 2.45) is 4.99 Å². The largest absolute Gasteiger partial charge is 0.493 e. The Morgan fingerprint density at radius 3 is 2.52 bits per heavy atom. The highest BCUT2D eigenvalue weighted by Gasteiger charge is 2.13. The number of para-hydroxylation sites is 1. The number of halogens is 2. The molecule has 144 valence electrons. The van der Waals surface area contributed by atoms with Gasteiger partial charge in [-0.3, -0.25) is 4.99 Å². The lowest BCUT2D eigenvalue weighted by Crippen LogP contribution is -2.14. The molecule has 2 aromatic carbocycles. The summed E-state index contributed by atoms with van der Waals surface area (Å²) in [6, 6.07) is 7.47. The zero-order valence-corrected chi connectivity index (χ0v) is 15.7. The molecule has 0 saturated carbocycles. The topological polar surface area (TPSA) is 56.8 Å². The van der Waals surface area contributed by atoms with Crippen LogP contribution in [-0.2, 0) is 0 Å². The molecule has 2 aromatic rings. The van der Waals surface area contributed by atoms with Crippen molar-refractivity contribution in [3.05, 3.63) is 53.6 Å². The van der Waals surface area contributed by atoms with Gasteiger partial charge in [-0.05, 0) is 31.1 Å². The average molecular weight is 374 g/mol. The summed E-state index contributed by atoms with van der Waals surface area (Å²) in [7, 11) is 1.59. The molecule has 0 saturated heterocycles. The second kappa shape index (κ2) is 9.71. The van der Waals surface area contributed by atoms with E-state index in [1.165, 1.54) is 6.21 Å². The molecule has 0 spiro atoms. The Labute approximate surface area is 158 Å².